The fourth-order valence-corrected chi connectivity index (χ4v) is 1.47. The second kappa shape index (κ2) is 6.00. The zero-order valence-corrected chi connectivity index (χ0v) is 8.98. The molecule has 0 fully saturated rings. The largest absolute Gasteiger partial charge is 0.303 e. The first kappa shape index (κ1) is 11.5. The molecule has 0 amide bonds. The minimum Gasteiger partial charge on any atom is -0.303 e. The Morgan fingerprint density at radius 2 is 2.13 bits per heavy atom. The van der Waals surface area contributed by atoms with Crippen molar-refractivity contribution in [3.05, 3.63) is 48.6 Å². The molecule has 0 saturated heterocycles. The Morgan fingerprint density at radius 3 is 2.67 bits per heavy atom. The van der Waals surface area contributed by atoms with E-state index in [-0.39, 0.29) is 12.1 Å². The van der Waals surface area contributed by atoms with Crippen LogP contribution in [0.15, 0.2) is 43.0 Å². The van der Waals surface area contributed by atoms with Crippen LogP contribution in [0.1, 0.15) is 24.9 Å². The zero-order valence-electron chi connectivity index (χ0n) is 8.98. The van der Waals surface area contributed by atoms with Crippen molar-refractivity contribution in [3.63, 3.8) is 0 Å². The lowest BCUT2D eigenvalue weighted by molar-refractivity contribution is 0.517. The molecule has 1 rings (SSSR count). The molecular formula is C13H16N2. The zero-order chi connectivity index (χ0) is 11.1. The highest BCUT2D eigenvalue weighted by atomic mass is 14.9. The predicted octanol–water partition coefficient (Wildman–Crippen LogP) is 2.81. The van der Waals surface area contributed by atoms with Gasteiger partial charge in [0, 0.05) is 12.1 Å². The average Bonchev–Trinajstić information content (AvgIpc) is 2.29. The average molecular weight is 200 g/mol. The quantitative estimate of drug-likeness (QED) is 0.742. The van der Waals surface area contributed by atoms with Crippen LogP contribution in [0.5, 0.6) is 0 Å². The van der Waals surface area contributed by atoms with Crippen LogP contribution >= 0.6 is 0 Å². The monoisotopic (exact) mass is 200 g/mol. The second-order valence-electron chi connectivity index (χ2n) is 3.50. The van der Waals surface area contributed by atoms with Crippen molar-refractivity contribution in [2.24, 2.45) is 0 Å². The summed E-state index contributed by atoms with van der Waals surface area (Å²) >= 11 is 0. The van der Waals surface area contributed by atoms with E-state index in [1.54, 1.807) is 6.08 Å². The van der Waals surface area contributed by atoms with Crippen LogP contribution in [0, 0.1) is 11.3 Å². The van der Waals surface area contributed by atoms with Crippen molar-refractivity contribution in [1.29, 1.82) is 5.26 Å². The summed E-state index contributed by atoms with van der Waals surface area (Å²) in [5, 5.41) is 12.0. The summed E-state index contributed by atoms with van der Waals surface area (Å²) in [4.78, 5) is 0. The van der Waals surface area contributed by atoms with E-state index >= 15 is 0 Å². The van der Waals surface area contributed by atoms with Crippen LogP contribution in [-0.2, 0) is 0 Å². The lowest BCUT2D eigenvalue weighted by Gasteiger charge is -2.18. The maximum atomic E-state index is 8.61. The van der Waals surface area contributed by atoms with E-state index in [2.05, 4.69) is 37.0 Å². The van der Waals surface area contributed by atoms with Crippen LogP contribution in [0.3, 0.4) is 0 Å². The van der Waals surface area contributed by atoms with Crippen molar-refractivity contribution in [2.75, 3.05) is 0 Å². The third-order valence-electron chi connectivity index (χ3n) is 2.36. The standard InChI is InChI=1S/C13H16N2/c1-3-13(9-10-14)15-11(2)12-7-5-4-6-8-12/h3-8,11,13,15H,1,9H2,2H3. The van der Waals surface area contributed by atoms with Crippen LogP contribution in [-0.4, -0.2) is 6.04 Å². The SMILES string of the molecule is C=CC(CC#N)NC(C)c1ccccc1. The van der Waals surface area contributed by atoms with Gasteiger partial charge < -0.3 is 5.32 Å². The summed E-state index contributed by atoms with van der Waals surface area (Å²) < 4.78 is 0. The fourth-order valence-electron chi connectivity index (χ4n) is 1.47. The Morgan fingerprint density at radius 1 is 1.47 bits per heavy atom. The van der Waals surface area contributed by atoms with E-state index in [1.165, 1.54) is 5.56 Å². The van der Waals surface area contributed by atoms with Gasteiger partial charge in [0.15, 0.2) is 0 Å². The highest BCUT2D eigenvalue weighted by molar-refractivity contribution is 5.18. The van der Waals surface area contributed by atoms with Crippen molar-refractivity contribution in [1.82, 2.24) is 5.32 Å². The van der Waals surface area contributed by atoms with Gasteiger partial charge in [-0.25, -0.2) is 0 Å². The van der Waals surface area contributed by atoms with Gasteiger partial charge in [0.05, 0.1) is 12.5 Å². The molecule has 2 nitrogen and oxygen atoms in total. The van der Waals surface area contributed by atoms with Gasteiger partial charge in [-0.3, -0.25) is 0 Å². The number of hydrogen-bond acceptors (Lipinski definition) is 2. The third-order valence-corrected chi connectivity index (χ3v) is 2.36. The minimum absolute atomic E-state index is 0.0604. The summed E-state index contributed by atoms with van der Waals surface area (Å²) in [6.45, 7) is 5.80. The maximum absolute atomic E-state index is 8.61. The summed E-state index contributed by atoms with van der Waals surface area (Å²) in [5.74, 6) is 0. The summed E-state index contributed by atoms with van der Waals surface area (Å²) in [6, 6.07) is 12.6. The van der Waals surface area contributed by atoms with E-state index in [0.29, 0.717) is 6.42 Å². The molecule has 0 radical (unpaired) electrons. The summed E-state index contributed by atoms with van der Waals surface area (Å²) in [5.41, 5.74) is 1.22. The summed E-state index contributed by atoms with van der Waals surface area (Å²) in [7, 11) is 0. The molecule has 1 aromatic rings. The molecule has 1 aromatic carbocycles. The van der Waals surface area contributed by atoms with Gasteiger partial charge in [0.25, 0.3) is 0 Å². The first-order valence-electron chi connectivity index (χ1n) is 5.08. The van der Waals surface area contributed by atoms with Crippen molar-refractivity contribution in [2.45, 2.75) is 25.4 Å². The number of nitriles is 1. The van der Waals surface area contributed by atoms with E-state index in [4.69, 9.17) is 5.26 Å². The van der Waals surface area contributed by atoms with Crippen molar-refractivity contribution >= 4 is 0 Å². The van der Waals surface area contributed by atoms with Gasteiger partial charge in [0.1, 0.15) is 0 Å². The maximum Gasteiger partial charge on any atom is 0.0641 e. The van der Waals surface area contributed by atoms with Gasteiger partial charge >= 0.3 is 0 Å². The molecule has 15 heavy (non-hydrogen) atoms. The molecule has 2 heteroatoms. The Balaban J connectivity index is 2.59. The molecule has 0 aliphatic heterocycles. The van der Waals surface area contributed by atoms with Gasteiger partial charge in [-0.15, -0.1) is 6.58 Å². The van der Waals surface area contributed by atoms with Crippen molar-refractivity contribution < 1.29 is 0 Å². The third kappa shape index (κ3) is 3.57. The Hall–Kier alpha value is -1.59. The summed E-state index contributed by atoms with van der Waals surface area (Å²) in [6.07, 6.45) is 2.24. The molecule has 1 N–H and O–H groups in total. The molecule has 2 atom stereocenters. The topological polar surface area (TPSA) is 35.8 Å². The van der Waals surface area contributed by atoms with Crippen LogP contribution in [0.25, 0.3) is 0 Å². The Bertz CT molecular complexity index is 337. The molecule has 78 valence electrons. The number of benzene rings is 1. The first-order valence-corrected chi connectivity index (χ1v) is 5.08. The van der Waals surface area contributed by atoms with Crippen LogP contribution in [0.4, 0.5) is 0 Å². The van der Waals surface area contributed by atoms with Gasteiger partial charge in [-0.05, 0) is 12.5 Å². The van der Waals surface area contributed by atoms with Crippen molar-refractivity contribution in [3.8, 4) is 6.07 Å². The van der Waals surface area contributed by atoms with Crippen LogP contribution < -0.4 is 5.32 Å². The highest BCUT2D eigenvalue weighted by Gasteiger charge is 2.09. The lowest BCUT2D eigenvalue weighted by atomic mass is 10.1. The van der Waals surface area contributed by atoms with Gasteiger partial charge in [0.2, 0.25) is 0 Å². The first-order chi connectivity index (χ1) is 7.27. The minimum atomic E-state index is 0.0604. The predicted molar refractivity (Wildman–Crippen MR) is 62.2 cm³/mol. The molecular weight excluding hydrogens is 184 g/mol. The number of hydrogen-bond donors (Lipinski definition) is 1. The lowest BCUT2D eigenvalue weighted by Crippen LogP contribution is -2.29. The van der Waals surface area contributed by atoms with E-state index in [0.717, 1.165) is 0 Å². The number of nitrogens with zero attached hydrogens (tertiary/aromatic N) is 1. The highest BCUT2D eigenvalue weighted by Crippen LogP contribution is 2.12. The second-order valence-corrected chi connectivity index (χ2v) is 3.50. The normalized spacial score (nSPS) is 13.9. The molecule has 0 bridgehead atoms. The Kier molecular flexibility index (Phi) is 4.59. The number of rotatable bonds is 5. The molecule has 0 aliphatic rings. The molecule has 0 heterocycles. The fraction of sp³-hybridized carbons (Fsp3) is 0.308. The molecule has 0 saturated carbocycles. The van der Waals surface area contributed by atoms with E-state index < -0.39 is 0 Å². The van der Waals surface area contributed by atoms with Crippen LogP contribution in [0.2, 0.25) is 0 Å². The molecule has 0 aromatic heterocycles. The molecule has 0 spiro atoms. The van der Waals surface area contributed by atoms with Gasteiger partial charge in [-0.1, -0.05) is 36.4 Å². The number of nitrogens with one attached hydrogen (secondary N) is 1. The molecule has 2 unspecified atom stereocenters. The van der Waals surface area contributed by atoms with E-state index in [1.807, 2.05) is 18.2 Å². The smallest absolute Gasteiger partial charge is 0.0641 e. The Labute approximate surface area is 91.2 Å². The molecule has 0 aliphatic carbocycles. The van der Waals surface area contributed by atoms with Gasteiger partial charge in [-0.2, -0.15) is 5.26 Å². The van der Waals surface area contributed by atoms with E-state index in [9.17, 15) is 0 Å².